The Morgan fingerprint density at radius 2 is 1.57 bits per heavy atom. The Balaban J connectivity index is 4.67. The van der Waals surface area contributed by atoms with E-state index in [1.807, 2.05) is 0 Å². The fraction of sp³-hybridized carbons (Fsp3) is 0.875. The van der Waals surface area contributed by atoms with Gasteiger partial charge in [-0.3, -0.25) is 0 Å². The Morgan fingerprint density at radius 1 is 1.14 bits per heavy atom. The zero-order valence-corrected chi connectivity index (χ0v) is 8.03. The molecule has 5 N–H and O–H groups in total. The first-order chi connectivity index (χ1) is 6.25. The van der Waals surface area contributed by atoms with Gasteiger partial charge in [-0.15, -0.1) is 0 Å². The third kappa shape index (κ3) is 2.73. The molecule has 6 nitrogen and oxygen atoms in total. The second-order valence-electron chi connectivity index (χ2n) is 3.48. The quantitative estimate of drug-likeness (QED) is 0.316. The summed E-state index contributed by atoms with van der Waals surface area (Å²) in [6.07, 6.45) is -6.58. The lowest BCUT2D eigenvalue weighted by Gasteiger charge is -2.35. The number of aliphatic hydroxyl groups excluding tert-OH is 4. The lowest BCUT2D eigenvalue weighted by molar-refractivity contribution is -0.187. The molecule has 14 heavy (non-hydrogen) atoms. The van der Waals surface area contributed by atoms with Gasteiger partial charge in [0.25, 0.3) is 0 Å². The summed E-state index contributed by atoms with van der Waals surface area (Å²) in [7, 11) is 0. The van der Waals surface area contributed by atoms with Crippen LogP contribution in [0.3, 0.4) is 0 Å². The average molecular weight is 208 g/mol. The maximum atomic E-state index is 10.1. The summed E-state index contributed by atoms with van der Waals surface area (Å²) in [4.78, 5) is 10.1. The van der Waals surface area contributed by atoms with Crippen LogP contribution in [0.15, 0.2) is 0 Å². The highest BCUT2D eigenvalue weighted by Crippen LogP contribution is 2.20. The van der Waals surface area contributed by atoms with Crippen molar-refractivity contribution in [3.8, 4) is 0 Å². The van der Waals surface area contributed by atoms with Gasteiger partial charge in [0, 0.05) is 0 Å². The molecule has 84 valence electrons. The Hall–Kier alpha value is -0.530. The Morgan fingerprint density at radius 3 is 1.86 bits per heavy atom. The van der Waals surface area contributed by atoms with Crippen molar-refractivity contribution in [2.75, 3.05) is 0 Å². The third-order valence-corrected chi connectivity index (χ3v) is 2.12. The zero-order valence-electron chi connectivity index (χ0n) is 8.03. The summed E-state index contributed by atoms with van der Waals surface area (Å²) in [5.74, 6) is 0. The SMILES string of the molecule is CC(O)[C@@H](O)[C@@](C)(O)[C@@H](O)[C@H](O)C=O. The number of carbonyl (C=O) groups is 1. The van der Waals surface area contributed by atoms with Gasteiger partial charge in [-0.25, -0.2) is 0 Å². The van der Waals surface area contributed by atoms with Gasteiger partial charge in [0.15, 0.2) is 6.29 Å². The molecule has 0 spiro atoms. The van der Waals surface area contributed by atoms with E-state index in [0.717, 1.165) is 6.92 Å². The average Bonchev–Trinajstić information content (AvgIpc) is 2.13. The Labute approximate surface area is 81.4 Å². The van der Waals surface area contributed by atoms with E-state index in [1.165, 1.54) is 6.92 Å². The fourth-order valence-corrected chi connectivity index (χ4v) is 1.08. The highest BCUT2D eigenvalue weighted by atomic mass is 16.4. The van der Waals surface area contributed by atoms with Crippen LogP contribution in [-0.4, -0.2) is 61.8 Å². The minimum absolute atomic E-state index is 0.0356. The zero-order chi connectivity index (χ0) is 11.5. The van der Waals surface area contributed by atoms with Gasteiger partial charge in [-0.05, 0) is 13.8 Å². The molecular formula is C8H16O6. The van der Waals surface area contributed by atoms with E-state index >= 15 is 0 Å². The van der Waals surface area contributed by atoms with Crippen LogP contribution >= 0.6 is 0 Å². The van der Waals surface area contributed by atoms with E-state index < -0.39 is 30.0 Å². The Bertz CT molecular complexity index is 190. The number of aliphatic hydroxyl groups is 5. The van der Waals surface area contributed by atoms with Crippen LogP contribution in [-0.2, 0) is 4.79 Å². The van der Waals surface area contributed by atoms with Crippen LogP contribution in [0.1, 0.15) is 13.8 Å². The normalized spacial score (nSPS) is 24.5. The summed E-state index contributed by atoms with van der Waals surface area (Å²) < 4.78 is 0. The van der Waals surface area contributed by atoms with Crippen LogP contribution in [0, 0.1) is 0 Å². The van der Waals surface area contributed by atoms with Crippen LogP contribution in [0.5, 0.6) is 0 Å². The smallest absolute Gasteiger partial charge is 0.151 e. The van der Waals surface area contributed by atoms with Crippen molar-refractivity contribution in [3.05, 3.63) is 0 Å². The second-order valence-corrected chi connectivity index (χ2v) is 3.48. The van der Waals surface area contributed by atoms with E-state index in [9.17, 15) is 20.1 Å². The highest BCUT2D eigenvalue weighted by molar-refractivity contribution is 5.57. The number of hydrogen-bond donors (Lipinski definition) is 5. The van der Waals surface area contributed by atoms with Gasteiger partial charge in [0.2, 0.25) is 0 Å². The molecule has 0 saturated heterocycles. The van der Waals surface area contributed by atoms with Gasteiger partial charge in [0.1, 0.15) is 23.9 Å². The number of hydrogen-bond acceptors (Lipinski definition) is 6. The van der Waals surface area contributed by atoms with Crippen molar-refractivity contribution in [3.63, 3.8) is 0 Å². The highest BCUT2D eigenvalue weighted by Gasteiger charge is 2.43. The maximum Gasteiger partial charge on any atom is 0.151 e. The van der Waals surface area contributed by atoms with Crippen LogP contribution in [0.2, 0.25) is 0 Å². The molecule has 5 atom stereocenters. The predicted molar refractivity (Wildman–Crippen MR) is 46.4 cm³/mol. The number of carbonyl (C=O) groups excluding carboxylic acids is 1. The largest absolute Gasteiger partial charge is 0.391 e. The summed E-state index contributed by atoms with van der Waals surface area (Å²) >= 11 is 0. The number of rotatable bonds is 5. The van der Waals surface area contributed by atoms with E-state index in [2.05, 4.69) is 0 Å². The molecule has 1 unspecified atom stereocenters. The third-order valence-electron chi connectivity index (χ3n) is 2.12. The van der Waals surface area contributed by atoms with E-state index in [4.69, 9.17) is 10.2 Å². The Kier molecular flexibility index (Phi) is 4.63. The standard InChI is InChI=1S/C8H16O6/c1-4(10)6(12)8(2,14)7(13)5(11)3-9/h3-7,10-14H,1-2H3/t4?,5-,6-,7+,8-/m1/s1. The van der Waals surface area contributed by atoms with E-state index in [1.54, 1.807) is 0 Å². The summed E-state index contributed by atoms with van der Waals surface area (Å²) in [5.41, 5.74) is -2.16. The van der Waals surface area contributed by atoms with Crippen molar-refractivity contribution < 1.29 is 30.3 Å². The second kappa shape index (κ2) is 4.81. The molecule has 0 heterocycles. The number of aldehydes is 1. The summed E-state index contributed by atoms with van der Waals surface area (Å²) in [6.45, 7) is 2.22. The monoisotopic (exact) mass is 208 g/mol. The van der Waals surface area contributed by atoms with Crippen molar-refractivity contribution in [2.24, 2.45) is 0 Å². The first kappa shape index (κ1) is 13.5. The van der Waals surface area contributed by atoms with Gasteiger partial charge >= 0.3 is 0 Å². The molecule has 0 fully saturated rings. The molecule has 0 aliphatic carbocycles. The molecule has 0 aromatic carbocycles. The maximum absolute atomic E-state index is 10.1. The molecule has 0 saturated carbocycles. The van der Waals surface area contributed by atoms with Crippen LogP contribution in [0.4, 0.5) is 0 Å². The lowest BCUT2D eigenvalue weighted by Crippen LogP contribution is -2.58. The van der Waals surface area contributed by atoms with Crippen molar-refractivity contribution in [1.82, 2.24) is 0 Å². The fourth-order valence-electron chi connectivity index (χ4n) is 1.08. The minimum atomic E-state index is -2.16. The molecule has 0 bridgehead atoms. The van der Waals surface area contributed by atoms with Gasteiger partial charge in [-0.1, -0.05) is 0 Å². The van der Waals surface area contributed by atoms with Gasteiger partial charge in [-0.2, -0.15) is 0 Å². The topological polar surface area (TPSA) is 118 Å². The first-order valence-electron chi connectivity index (χ1n) is 4.15. The van der Waals surface area contributed by atoms with Crippen molar-refractivity contribution in [1.29, 1.82) is 0 Å². The van der Waals surface area contributed by atoms with E-state index in [-0.39, 0.29) is 6.29 Å². The molecule has 0 aromatic rings. The minimum Gasteiger partial charge on any atom is -0.391 e. The van der Waals surface area contributed by atoms with E-state index in [0.29, 0.717) is 0 Å². The van der Waals surface area contributed by atoms with Crippen LogP contribution in [0.25, 0.3) is 0 Å². The molecular weight excluding hydrogens is 192 g/mol. The summed E-state index contributed by atoms with van der Waals surface area (Å²) in [6, 6.07) is 0. The first-order valence-corrected chi connectivity index (χ1v) is 4.15. The molecule has 0 aliphatic rings. The molecule has 0 aliphatic heterocycles. The molecule has 0 amide bonds. The van der Waals surface area contributed by atoms with Crippen molar-refractivity contribution >= 4 is 6.29 Å². The van der Waals surface area contributed by atoms with Gasteiger partial charge < -0.3 is 30.3 Å². The van der Waals surface area contributed by atoms with Gasteiger partial charge in [0.05, 0.1) is 6.10 Å². The molecule has 0 rings (SSSR count). The summed E-state index contributed by atoms with van der Waals surface area (Å²) in [5, 5.41) is 46.0. The molecule has 0 radical (unpaired) electrons. The molecule has 6 heteroatoms. The predicted octanol–water partition coefficient (Wildman–Crippen LogP) is -2.60. The van der Waals surface area contributed by atoms with Crippen LogP contribution < -0.4 is 0 Å². The van der Waals surface area contributed by atoms with Crippen molar-refractivity contribution in [2.45, 2.75) is 43.9 Å². The molecule has 0 aromatic heterocycles. The lowest BCUT2D eigenvalue weighted by atomic mass is 9.87.